The van der Waals surface area contributed by atoms with Gasteiger partial charge in [-0.2, -0.15) is 0 Å². The maximum absolute atomic E-state index is 11.6. The fraction of sp³-hybridized carbons (Fsp3) is 0.900. The lowest BCUT2D eigenvalue weighted by molar-refractivity contribution is -0.402. The molecule has 104 valence electrons. The molecule has 2 heterocycles. The Balaban J connectivity index is 1.92. The van der Waals surface area contributed by atoms with Gasteiger partial charge in [-0.25, -0.2) is 4.79 Å². The molecule has 0 aromatic rings. The van der Waals surface area contributed by atoms with E-state index in [1.54, 1.807) is 13.8 Å². The van der Waals surface area contributed by atoms with Gasteiger partial charge < -0.3 is 24.4 Å². The highest BCUT2D eigenvalue weighted by Gasteiger charge is 2.54. The van der Waals surface area contributed by atoms with Crippen molar-refractivity contribution in [3.63, 3.8) is 0 Å². The average molecular weight is 296 g/mol. The fourth-order valence-corrected chi connectivity index (χ4v) is 4.19. The summed E-state index contributed by atoms with van der Waals surface area (Å²) in [7, 11) is 0. The van der Waals surface area contributed by atoms with E-state index in [0.717, 1.165) is 23.5 Å². The molecule has 2 N–H and O–H groups in total. The molecule has 0 bridgehead atoms. The lowest BCUT2D eigenvalue weighted by Crippen LogP contribution is -2.59. The number of hydrogen-bond acceptors (Lipinski definition) is 8. The van der Waals surface area contributed by atoms with E-state index < -0.39 is 22.1 Å². The fourth-order valence-electron chi connectivity index (χ4n) is 1.60. The number of rotatable bonds is 3. The Morgan fingerprint density at radius 2 is 2.06 bits per heavy atom. The minimum absolute atomic E-state index is 0.0323. The van der Waals surface area contributed by atoms with Crippen molar-refractivity contribution in [2.24, 2.45) is 0 Å². The molecule has 0 amide bonds. The Morgan fingerprint density at radius 3 is 2.50 bits per heavy atom. The summed E-state index contributed by atoms with van der Waals surface area (Å²) in [6.45, 7) is 3.62. The molecular formula is C10H16O6S2. The number of hydrogen-bond donors (Lipinski definition) is 2. The third-order valence-electron chi connectivity index (χ3n) is 2.63. The molecule has 0 aromatic heterocycles. The van der Waals surface area contributed by atoms with Gasteiger partial charge in [0.1, 0.15) is 0 Å². The molecule has 0 spiro atoms. The summed E-state index contributed by atoms with van der Waals surface area (Å²) in [6, 6.07) is 0. The van der Waals surface area contributed by atoms with Crippen LogP contribution >= 0.6 is 23.5 Å². The number of thioether (sulfide) groups is 2. The number of esters is 1. The Kier molecular flexibility index (Phi) is 4.15. The molecule has 2 fully saturated rings. The quantitative estimate of drug-likeness (QED) is 0.711. The molecule has 2 aliphatic rings. The predicted octanol–water partition coefficient (Wildman–Crippen LogP) is 0.126. The SMILES string of the molecule is CCOC(=O)C1(O)CSC(O)(C2OC(C)O2)CS1. The van der Waals surface area contributed by atoms with Gasteiger partial charge in [0.2, 0.25) is 11.2 Å². The first kappa shape index (κ1) is 14.4. The highest BCUT2D eigenvalue weighted by Crippen LogP contribution is 2.47. The minimum Gasteiger partial charge on any atom is -0.463 e. The van der Waals surface area contributed by atoms with Crippen molar-refractivity contribution >= 4 is 29.5 Å². The summed E-state index contributed by atoms with van der Waals surface area (Å²) in [5, 5.41) is 20.4. The van der Waals surface area contributed by atoms with E-state index in [-0.39, 0.29) is 24.4 Å². The minimum atomic E-state index is -1.61. The van der Waals surface area contributed by atoms with Crippen LogP contribution in [0.1, 0.15) is 13.8 Å². The van der Waals surface area contributed by atoms with E-state index in [1.807, 2.05) is 0 Å². The van der Waals surface area contributed by atoms with Crippen molar-refractivity contribution in [1.29, 1.82) is 0 Å². The van der Waals surface area contributed by atoms with Gasteiger partial charge in [0, 0.05) is 11.5 Å². The first-order valence-corrected chi connectivity index (χ1v) is 7.57. The van der Waals surface area contributed by atoms with Crippen molar-refractivity contribution in [1.82, 2.24) is 0 Å². The summed E-state index contributed by atoms with van der Waals surface area (Å²) >= 11 is 2.00. The molecule has 0 aliphatic carbocycles. The summed E-state index contributed by atoms with van der Waals surface area (Å²) in [4.78, 5) is 8.74. The molecule has 0 saturated carbocycles. The second-order valence-electron chi connectivity index (χ2n) is 4.10. The Bertz CT molecular complexity index is 322. The maximum Gasteiger partial charge on any atom is 0.349 e. The summed E-state index contributed by atoms with van der Waals surface area (Å²) in [5.74, 6) is -0.511. The number of aliphatic hydroxyl groups is 2. The second-order valence-corrected chi connectivity index (χ2v) is 6.64. The van der Waals surface area contributed by atoms with Crippen LogP contribution in [-0.4, -0.2) is 56.7 Å². The molecule has 2 unspecified atom stereocenters. The largest absolute Gasteiger partial charge is 0.463 e. The van der Waals surface area contributed by atoms with Gasteiger partial charge >= 0.3 is 5.97 Å². The molecule has 18 heavy (non-hydrogen) atoms. The Morgan fingerprint density at radius 1 is 1.39 bits per heavy atom. The van der Waals surface area contributed by atoms with Gasteiger partial charge in [-0.15, -0.1) is 23.5 Å². The molecular weight excluding hydrogens is 280 g/mol. The van der Waals surface area contributed by atoms with Crippen molar-refractivity contribution < 1.29 is 29.2 Å². The summed E-state index contributed by atoms with van der Waals surface area (Å²) in [5.41, 5.74) is 0. The van der Waals surface area contributed by atoms with E-state index in [9.17, 15) is 15.0 Å². The van der Waals surface area contributed by atoms with E-state index in [0.29, 0.717) is 0 Å². The first-order chi connectivity index (χ1) is 8.39. The highest BCUT2D eigenvalue weighted by molar-refractivity contribution is 8.08. The average Bonchev–Trinajstić information content (AvgIpc) is 2.30. The summed E-state index contributed by atoms with van der Waals surface area (Å²) in [6.07, 6.45) is -1.03. The van der Waals surface area contributed by atoms with Crippen LogP contribution in [0.15, 0.2) is 0 Å². The van der Waals surface area contributed by atoms with Crippen LogP contribution in [-0.2, 0) is 19.0 Å². The number of carbonyl (C=O) groups is 1. The van der Waals surface area contributed by atoms with Crippen LogP contribution in [0.25, 0.3) is 0 Å². The van der Waals surface area contributed by atoms with Crippen LogP contribution in [0.5, 0.6) is 0 Å². The predicted molar refractivity (Wildman–Crippen MR) is 66.9 cm³/mol. The highest BCUT2D eigenvalue weighted by atomic mass is 32.2. The smallest absolute Gasteiger partial charge is 0.349 e. The topological polar surface area (TPSA) is 85.2 Å². The van der Waals surface area contributed by atoms with E-state index in [4.69, 9.17) is 14.2 Å². The van der Waals surface area contributed by atoms with Crippen LogP contribution in [0.3, 0.4) is 0 Å². The van der Waals surface area contributed by atoms with E-state index >= 15 is 0 Å². The van der Waals surface area contributed by atoms with Gasteiger partial charge in [-0.1, -0.05) is 0 Å². The molecule has 2 rings (SSSR count). The second kappa shape index (κ2) is 5.18. The van der Waals surface area contributed by atoms with Crippen molar-refractivity contribution in [2.75, 3.05) is 18.1 Å². The zero-order valence-corrected chi connectivity index (χ0v) is 11.8. The van der Waals surface area contributed by atoms with Crippen molar-refractivity contribution in [3.05, 3.63) is 0 Å². The normalized spacial score (nSPS) is 44.2. The van der Waals surface area contributed by atoms with Gasteiger partial charge in [0.25, 0.3) is 0 Å². The van der Waals surface area contributed by atoms with Crippen molar-refractivity contribution in [3.8, 4) is 0 Å². The first-order valence-electron chi connectivity index (χ1n) is 5.60. The third kappa shape index (κ3) is 2.63. The van der Waals surface area contributed by atoms with Crippen LogP contribution < -0.4 is 0 Å². The Labute approximate surface area is 113 Å². The van der Waals surface area contributed by atoms with Crippen molar-refractivity contribution in [2.45, 2.75) is 36.3 Å². The van der Waals surface area contributed by atoms with Gasteiger partial charge in [0.15, 0.2) is 11.2 Å². The Hall–Kier alpha value is 0.01000. The molecule has 0 aromatic carbocycles. The van der Waals surface area contributed by atoms with E-state index in [1.165, 1.54) is 0 Å². The van der Waals surface area contributed by atoms with E-state index in [2.05, 4.69) is 0 Å². The van der Waals surface area contributed by atoms with Crippen LogP contribution in [0.4, 0.5) is 0 Å². The summed E-state index contributed by atoms with van der Waals surface area (Å²) < 4.78 is 15.3. The lowest BCUT2D eigenvalue weighted by atomic mass is 10.3. The number of ether oxygens (including phenoxy) is 3. The standard InChI is InChI=1S/C10H16O6S2/c1-3-14-7(11)9(12)4-18-10(13,5-17-9)8-15-6(2)16-8/h6,8,12-13H,3-5H2,1-2H3. The van der Waals surface area contributed by atoms with Gasteiger partial charge in [-0.05, 0) is 13.8 Å². The van der Waals surface area contributed by atoms with Crippen LogP contribution in [0, 0.1) is 0 Å². The maximum atomic E-state index is 11.6. The lowest BCUT2D eigenvalue weighted by Gasteiger charge is -2.47. The van der Waals surface area contributed by atoms with Gasteiger partial charge in [-0.3, -0.25) is 0 Å². The molecule has 0 radical (unpaired) electrons. The van der Waals surface area contributed by atoms with Crippen LogP contribution in [0.2, 0.25) is 0 Å². The number of carbonyl (C=O) groups excluding carboxylic acids is 1. The molecule has 2 saturated heterocycles. The monoisotopic (exact) mass is 296 g/mol. The zero-order valence-electron chi connectivity index (χ0n) is 10.1. The molecule has 6 nitrogen and oxygen atoms in total. The molecule has 2 atom stereocenters. The zero-order chi connectivity index (χ0) is 13.4. The van der Waals surface area contributed by atoms with Gasteiger partial charge in [0.05, 0.1) is 6.61 Å². The third-order valence-corrected chi connectivity index (χ3v) is 5.77. The molecule has 2 aliphatic heterocycles. The molecule has 8 heteroatoms.